The molecule has 112 valence electrons. The second-order valence-electron chi connectivity index (χ2n) is 5.21. The summed E-state index contributed by atoms with van der Waals surface area (Å²) in [7, 11) is 0. The molecule has 3 heterocycles. The molecular weight excluding hydrogens is 282 g/mol. The largest absolute Gasteiger partial charge is 0.462 e. The molecule has 1 aromatic carbocycles. The lowest BCUT2D eigenvalue weighted by Gasteiger charge is -2.04. The van der Waals surface area contributed by atoms with E-state index in [0.29, 0.717) is 18.1 Å². The molecule has 0 unspecified atom stereocenters. The predicted molar refractivity (Wildman–Crippen MR) is 81.4 cm³/mol. The van der Waals surface area contributed by atoms with Crippen LogP contribution in [0.4, 0.5) is 0 Å². The monoisotopic (exact) mass is 297 g/mol. The number of aromatic nitrogens is 1. The van der Waals surface area contributed by atoms with Crippen LogP contribution in [0.2, 0.25) is 0 Å². The molecule has 0 atom stereocenters. The van der Waals surface area contributed by atoms with Crippen molar-refractivity contribution in [1.82, 2.24) is 4.57 Å². The maximum atomic E-state index is 9.30. The Hall–Kier alpha value is -2.50. The summed E-state index contributed by atoms with van der Waals surface area (Å²) in [5.41, 5.74) is 2.74. The van der Waals surface area contributed by atoms with E-state index in [4.69, 9.17) is 13.9 Å². The normalized spacial score (nSPS) is 11.7. The highest BCUT2D eigenvalue weighted by atomic mass is 16.4. The van der Waals surface area contributed by atoms with Crippen molar-refractivity contribution in [2.45, 2.75) is 19.8 Å². The summed E-state index contributed by atoms with van der Waals surface area (Å²) in [5.74, 6) is 1.85. The van der Waals surface area contributed by atoms with Gasteiger partial charge in [0, 0.05) is 11.5 Å². The Morgan fingerprint density at radius 1 is 0.818 bits per heavy atom. The fourth-order valence-corrected chi connectivity index (χ4v) is 2.85. The molecule has 0 aliphatic carbocycles. The van der Waals surface area contributed by atoms with Gasteiger partial charge in [0.25, 0.3) is 0 Å². The number of aliphatic hydroxyl groups excluding tert-OH is 2. The lowest BCUT2D eigenvalue weighted by Crippen LogP contribution is -1.97. The quantitative estimate of drug-likeness (QED) is 0.607. The Morgan fingerprint density at radius 3 is 2.36 bits per heavy atom. The van der Waals surface area contributed by atoms with Crippen LogP contribution in [0.25, 0.3) is 22.0 Å². The van der Waals surface area contributed by atoms with Crippen LogP contribution in [0.15, 0.2) is 51.3 Å². The third kappa shape index (κ3) is 1.94. The highest BCUT2D eigenvalue weighted by molar-refractivity contribution is 6.05. The van der Waals surface area contributed by atoms with Crippen LogP contribution in [0.1, 0.15) is 17.3 Å². The minimum absolute atomic E-state index is 0.109. The van der Waals surface area contributed by atoms with Crippen molar-refractivity contribution in [1.29, 1.82) is 0 Å². The molecule has 4 aromatic rings. The van der Waals surface area contributed by atoms with Crippen molar-refractivity contribution < 1.29 is 19.0 Å². The number of furan rings is 2. The van der Waals surface area contributed by atoms with Crippen LogP contribution >= 0.6 is 0 Å². The molecule has 0 aliphatic rings. The molecule has 3 aromatic heterocycles. The summed E-state index contributed by atoms with van der Waals surface area (Å²) in [6.07, 6.45) is 0. The zero-order valence-electron chi connectivity index (χ0n) is 11.8. The van der Waals surface area contributed by atoms with Gasteiger partial charge in [0.05, 0.1) is 17.6 Å². The highest BCUT2D eigenvalue weighted by Crippen LogP contribution is 2.32. The summed E-state index contributed by atoms with van der Waals surface area (Å²) in [4.78, 5) is 0. The van der Waals surface area contributed by atoms with Crippen LogP contribution in [0.5, 0.6) is 0 Å². The fraction of sp³-hybridized carbons (Fsp3) is 0.176. The molecule has 0 aliphatic heterocycles. The molecule has 0 saturated carbocycles. The van der Waals surface area contributed by atoms with Crippen molar-refractivity contribution in [3.8, 4) is 0 Å². The second-order valence-corrected chi connectivity index (χ2v) is 5.21. The van der Waals surface area contributed by atoms with Crippen LogP contribution in [-0.4, -0.2) is 14.8 Å². The van der Waals surface area contributed by atoms with E-state index in [1.54, 1.807) is 6.07 Å². The Balaban J connectivity index is 1.90. The van der Waals surface area contributed by atoms with E-state index in [1.807, 2.05) is 36.4 Å². The van der Waals surface area contributed by atoms with E-state index >= 15 is 0 Å². The average molecular weight is 297 g/mol. The van der Waals surface area contributed by atoms with Gasteiger partial charge in [-0.3, -0.25) is 0 Å². The first-order valence-corrected chi connectivity index (χ1v) is 7.09. The Bertz CT molecular complexity index is 944. The first-order chi connectivity index (χ1) is 10.8. The van der Waals surface area contributed by atoms with E-state index in [2.05, 4.69) is 4.57 Å². The molecule has 4 rings (SSSR count). The highest BCUT2D eigenvalue weighted by Gasteiger charge is 2.16. The molecule has 2 N–H and O–H groups in total. The molecule has 5 nitrogen and oxygen atoms in total. The van der Waals surface area contributed by atoms with Crippen molar-refractivity contribution >= 4 is 22.0 Å². The smallest absolute Gasteiger partial charge is 0.160 e. The van der Waals surface area contributed by atoms with Gasteiger partial charge in [-0.15, -0.1) is 0 Å². The van der Waals surface area contributed by atoms with Crippen LogP contribution in [0, 0.1) is 0 Å². The van der Waals surface area contributed by atoms with Gasteiger partial charge in [0.2, 0.25) is 0 Å². The van der Waals surface area contributed by atoms with E-state index in [-0.39, 0.29) is 13.2 Å². The molecule has 0 amide bonds. The van der Waals surface area contributed by atoms with Gasteiger partial charge >= 0.3 is 0 Å². The molecule has 0 radical (unpaired) electrons. The summed E-state index contributed by atoms with van der Waals surface area (Å²) < 4.78 is 13.4. The number of aliphatic hydroxyl groups is 2. The van der Waals surface area contributed by atoms with Gasteiger partial charge in [0.1, 0.15) is 30.5 Å². The standard InChI is InChI=1S/C17H15NO4/c19-9-12-6-5-11(21-12)8-18-15-4-2-1-3-14(15)17-16(18)7-13(10-20)22-17/h1-7,19-20H,8-10H2. The molecular formula is C17H15NO4. The third-order valence-corrected chi connectivity index (χ3v) is 3.84. The summed E-state index contributed by atoms with van der Waals surface area (Å²) in [6.45, 7) is 0.301. The molecule has 0 spiro atoms. The Labute approximate surface area is 126 Å². The fourth-order valence-electron chi connectivity index (χ4n) is 2.85. The topological polar surface area (TPSA) is 71.7 Å². The van der Waals surface area contributed by atoms with Gasteiger partial charge in [-0.05, 0) is 24.3 Å². The van der Waals surface area contributed by atoms with Crippen LogP contribution in [-0.2, 0) is 19.8 Å². The van der Waals surface area contributed by atoms with Crippen molar-refractivity contribution in [2.75, 3.05) is 0 Å². The lowest BCUT2D eigenvalue weighted by molar-refractivity contribution is 0.243. The minimum atomic E-state index is -0.127. The molecule has 5 heteroatoms. The van der Waals surface area contributed by atoms with E-state index in [9.17, 15) is 5.11 Å². The number of nitrogens with zero attached hydrogens (tertiary/aromatic N) is 1. The zero-order chi connectivity index (χ0) is 15.1. The SMILES string of the molecule is OCc1ccc(Cn2c3ccccc3c3oc(CO)cc32)o1. The van der Waals surface area contributed by atoms with Gasteiger partial charge in [-0.1, -0.05) is 12.1 Å². The number of para-hydroxylation sites is 1. The number of hydrogen-bond acceptors (Lipinski definition) is 4. The Kier molecular flexibility index (Phi) is 3.03. The third-order valence-electron chi connectivity index (χ3n) is 3.84. The van der Waals surface area contributed by atoms with E-state index < -0.39 is 0 Å². The van der Waals surface area contributed by atoms with E-state index in [1.165, 1.54) is 0 Å². The summed E-state index contributed by atoms with van der Waals surface area (Å²) >= 11 is 0. The number of benzene rings is 1. The zero-order valence-corrected chi connectivity index (χ0v) is 11.8. The predicted octanol–water partition coefficient (Wildman–Crippen LogP) is 3.01. The summed E-state index contributed by atoms with van der Waals surface area (Å²) in [5, 5.41) is 19.4. The first-order valence-electron chi connectivity index (χ1n) is 7.09. The minimum Gasteiger partial charge on any atom is -0.462 e. The number of hydrogen-bond donors (Lipinski definition) is 2. The Morgan fingerprint density at radius 2 is 1.59 bits per heavy atom. The van der Waals surface area contributed by atoms with Gasteiger partial charge in [-0.25, -0.2) is 0 Å². The van der Waals surface area contributed by atoms with Crippen molar-refractivity contribution in [3.63, 3.8) is 0 Å². The second kappa shape index (κ2) is 5.05. The molecule has 0 saturated heterocycles. The van der Waals surface area contributed by atoms with Crippen LogP contribution in [0.3, 0.4) is 0 Å². The van der Waals surface area contributed by atoms with Crippen molar-refractivity contribution in [2.24, 2.45) is 0 Å². The molecule has 0 fully saturated rings. The maximum absolute atomic E-state index is 9.30. The van der Waals surface area contributed by atoms with Gasteiger partial charge < -0.3 is 23.6 Å². The van der Waals surface area contributed by atoms with Crippen LogP contribution < -0.4 is 0 Å². The number of fused-ring (bicyclic) bond motifs is 3. The van der Waals surface area contributed by atoms with Crippen molar-refractivity contribution in [3.05, 3.63) is 59.7 Å². The first kappa shape index (κ1) is 13.2. The van der Waals surface area contributed by atoms with E-state index in [0.717, 1.165) is 27.8 Å². The summed E-state index contributed by atoms with van der Waals surface area (Å²) in [6, 6.07) is 13.5. The molecule has 0 bridgehead atoms. The average Bonchev–Trinajstić information content (AvgIpc) is 3.24. The lowest BCUT2D eigenvalue weighted by atomic mass is 10.2. The number of rotatable bonds is 4. The maximum Gasteiger partial charge on any atom is 0.160 e. The molecule has 22 heavy (non-hydrogen) atoms. The van der Waals surface area contributed by atoms with Gasteiger partial charge in [-0.2, -0.15) is 0 Å². The van der Waals surface area contributed by atoms with Gasteiger partial charge in [0.15, 0.2) is 5.58 Å².